The number of carbonyl (C=O) groups excluding carboxylic acids is 1. The van der Waals surface area contributed by atoms with Crippen LogP contribution in [0.15, 0.2) is 85.2 Å². The number of aromatic nitrogens is 2. The van der Waals surface area contributed by atoms with E-state index in [1.807, 2.05) is 52.1 Å². The van der Waals surface area contributed by atoms with Crippen molar-refractivity contribution in [2.24, 2.45) is 0 Å². The number of ether oxygens (including phenoxy) is 2. The van der Waals surface area contributed by atoms with Crippen LogP contribution >= 0.6 is 12.2 Å². The lowest BCUT2D eigenvalue weighted by Gasteiger charge is -2.29. The van der Waals surface area contributed by atoms with Crippen LogP contribution in [-0.4, -0.2) is 49.5 Å². The van der Waals surface area contributed by atoms with Gasteiger partial charge in [0.05, 0.1) is 43.5 Å². The van der Waals surface area contributed by atoms with Gasteiger partial charge in [-0.1, -0.05) is 12.1 Å². The normalized spacial score (nSPS) is 16.9. The van der Waals surface area contributed by atoms with Crippen molar-refractivity contribution in [2.45, 2.75) is 12.1 Å². The molecular weight excluding hydrogens is 550 g/mol. The van der Waals surface area contributed by atoms with Crippen LogP contribution in [0, 0.1) is 0 Å². The Morgan fingerprint density at radius 2 is 1.85 bits per heavy atom. The van der Waals surface area contributed by atoms with E-state index in [-0.39, 0.29) is 12.1 Å². The zero-order chi connectivity index (χ0) is 28.4. The smallest absolute Gasteiger partial charge is 0.337 e. The van der Waals surface area contributed by atoms with E-state index in [0.717, 1.165) is 23.3 Å². The first-order valence-electron chi connectivity index (χ1n) is 12.2. The number of anilines is 2. The highest BCUT2D eigenvalue weighted by Gasteiger charge is 2.42. The van der Waals surface area contributed by atoms with Crippen LogP contribution in [0.5, 0.6) is 5.75 Å². The van der Waals surface area contributed by atoms with Gasteiger partial charge < -0.3 is 24.3 Å². The summed E-state index contributed by atoms with van der Waals surface area (Å²) in [6.45, 7) is 0. The number of thiocarbonyl (C=S) groups is 1. The standard InChI is InChI=1S/C28H27N5O5S2/c1-37-24-17-20(12-13-21(24)31-40(3,35)36)33-26(25(30-28(33)39)22-10-4-5-14-29-22)23-11-7-15-32(23)19-9-6-8-18(16-19)27(34)38-2/h4-17,25-26,31H,1-3H3,(H,30,39). The van der Waals surface area contributed by atoms with Gasteiger partial charge in [-0.2, -0.15) is 0 Å². The van der Waals surface area contributed by atoms with Crippen LogP contribution in [0.3, 0.4) is 0 Å². The Kier molecular flexibility index (Phi) is 7.46. The number of nitrogens with zero attached hydrogens (tertiary/aromatic N) is 3. The number of methoxy groups -OCH3 is 2. The van der Waals surface area contributed by atoms with E-state index in [2.05, 4.69) is 15.0 Å². The van der Waals surface area contributed by atoms with Crippen LogP contribution in [0.2, 0.25) is 0 Å². The average Bonchev–Trinajstić information content (AvgIpc) is 3.57. The fourth-order valence-corrected chi connectivity index (χ4v) is 5.73. The van der Waals surface area contributed by atoms with Gasteiger partial charge in [0.25, 0.3) is 0 Å². The van der Waals surface area contributed by atoms with E-state index in [1.54, 1.807) is 42.6 Å². The Bertz CT molecular complexity index is 1670. The second-order valence-corrected chi connectivity index (χ2v) is 11.2. The number of benzene rings is 2. The molecule has 2 aromatic heterocycles. The Morgan fingerprint density at radius 3 is 2.55 bits per heavy atom. The monoisotopic (exact) mass is 577 g/mol. The van der Waals surface area contributed by atoms with Gasteiger partial charge in [0.1, 0.15) is 11.8 Å². The van der Waals surface area contributed by atoms with Gasteiger partial charge in [-0.05, 0) is 66.8 Å². The molecule has 206 valence electrons. The number of esters is 1. The molecule has 4 aromatic rings. The predicted octanol–water partition coefficient (Wildman–Crippen LogP) is 4.22. The Morgan fingerprint density at radius 1 is 1.02 bits per heavy atom. The summed E-state index contributed by atoms with van der Waals surface area (Å²) in [6.07, 6.45) is 4.73. The number of hydrogen-bond donors (Lipinski definition) is 2. The van der Waals surface area contributed by atoms with Crippen LogP contribution in [0.4, 0.5) is 11.4 Å². The van der Waals surface area contributed by atoms with Crippen molar-refractivity contribution in [3.8, 4) is 11.4 Å². The predicted molar refractivity (Wildman–Crippen MR) is 157 cm³/mol. The van der Waals surface area contributed by atoms with Crippen molar-refractivity contribution in [3.63, 3.8) is 0 Å². The molecule has 12 heteroatoms. The van der Waals surface area contributed by atoms with Crippen LogP contribution in [0.25, 0.3) is 5.69 Å². The number of carbonyl (C=O) groups is 1. The molecule has 2 aromatic carbocycles. The molecule has 0 saturated carbocycles. The van der Waals surface area contributed by atoms with Crippen LogP contribution in [-0.2, 0) is 14.8 Å². The van der Waals surface area contributed by atoms with Gasteiger partial charge in [-0.15, -0.1) is 0 Å². The quantitative estimate of drug-likeness (QED) is 0.235. The minimum Gasteiger partial charge on any atom is -0.494 e. The molecule has 0 spiro atoms. The van der Waals surface area contributed by atoms with Crippen molar-refractivity contribution in [2.75, 3.05) is 30.1 Å². The maximum Gasteiger partial charge on any atom is 0.337 e. The molecule has 1 saturated heterocycles. The van der Waals surface area contributed by atoms with E-state index in [9.17, 15) is 13.2 Å². The van der Waals surface area contributed by atoms with Crippen LogP contribution < -0.4 is 19.7 Å². The lowest BCUT2D eigenvalue weighted by molar-refractivity contribution is 0.0600. The lowest BCUT2D eigenvalue weighted by atomic mass is 10.0. The van der Waals surface area contributed by atoms with E-state index < -0.39 is 16.0 Å². The van der Waals surface area contributed by atoms with Gasteiger partial charge in [0.2, 0.25) is 10.0 Å². The highest BCUT2D eigenvalue weighted by molar-refractivity contribution is 7.92. The Balaban J connectivity index is 1.64. The van der Waals surface area contributed by atoms with Gasteiger partial charge >= 0.3 is 5.97 Å². The minimum atomic E-state index is -3.52. The highest BCUT2D eigenvalue weighted by atomic mass is 32.2. The third kappa shape index (κ3) is 5.36. The summed E-state index contributed by atoms with van der Waals surface area (Å²) in [5.74, 6) is -0.0888. The first kappa shape index (κ1) is 27.2. The topological polar surface area (TPSA) is 115 Å². The number of nitrogens with one attached hydrogen (secondary N) is 2. The molecule has 1 aliphatic rings. The molecule has 1 fully saturated rings. The second-order valence-electron chi connectivity index (χ2n) is 9.10. The molecule has 2 N–H and O–H groups in total. The first-order chi connectivity index (χ1) is 19.2. The Labute approximate surface area is 237 Å². The van der Waals surface area contributed by atoms with Crippen molar-refractivity contribution in [3.05, 3.63) is 102 Å². The molecule has 2 unspecified atom stereocenters. The summed E-state index contributed by atoms with van der Waals surface area (Å²) in [4.78, 5) is 18.8. The molecule has 40 heavy (non-hydrogen) atoms. The Hall–Kier alpha value is -4.42. The van der Waals surface area contributed by atoms with Gasteiger partial charge in [-0.25, -0.2) is 13.2 Å². The molecule has 0 amide bonds. The average molecular weight is 578 g/mol. The largest absolute Gasteiger partial charge is 0.494 e. The molecular formula is C28H27N5O5S2. The lowest BCUT2D eigenvalue weighted by Crippen LogP contribution is -2.30. The van der Waals surface area contributed by atoms with Crippen molar-refractivity contribution in [1.82, 2.24) is 14.9 Å². The van der Waals surface area contributed by atoms with E-state index in [4.69, 9.17) is 21.7 Å². The highest BCUT2D eigenvalue weighted by Crippen LogP contribution is 2.44. The summed E-state index contributed by atoms with van der Waals surface area (Å²) in [5, 5.41) is 3.88. The molecule has 0 aliphatic carbocycles. The summed E-state index contributed by atoms with van der Waals surface area (Å²) >= 11 is 5.85. The molecule has 1 aliphatic heterocycles. The van der Waals surface area contributed by atoms with Crippen molar-refractivity contribution >= 4 is 44.7 Å². The third-order valence-electron chi connectivity index (χ3n) is 6.49. The maximum absolute atomic E-state index is 12.2. The summed E-state index contributed by atoms with van der Waals surface area (Å²) in [6, 6.07) is 21.2. The van der Waals surface area contributed by atoms with Crippen molar-refractivity contribution < 1.29 is 22.7 Å². The first-order valence-corrected chi connectivity index (χ1v) is 14.5. The van der Waals surface area contributed by atoms with E-state index in [1.165, 1.54) is 14.2 Å². The molecule has 10 nitrogen and oxygen atoms in total. The number of pyridine rings is 1. The summed E-state index contributed by atoms with van der Waals surface area (Å²) in [7, 11) is -0.696. The fraction of sp³-hybridized carbons (Fsp3) is 0.179. The van der Waals surface area contributed by atoms with Gasteiger partial charge in [-0.3, -0.25) is 9.71 Å². The SMILES string of the molecule is COC(=O)c1cccc(-n2cccc2C2C(c3ccccn3)NC(=S)N2c2ccc(NS(C)(=O)=O)c(OC)c2)c1. The fourth-order valence-electron chi connectivity index (χ4n) is 4.82. The number of hydrogen-bond acceptors (Lipinski definition) is 7. The molecule has 0 radical (unpaired) electrons. The third-order valence-corrected chi connectivity index (χ3v) is 7.39. The van der Waals surface area contributed by atoms with Crippen LogP contribution in [0.1, 0.15) is 33.8 Å². The molecule has 3 heterocycles. The minimum absolute atomic E-state index is 0.313. The summed E-state index contributed by atoms with van der Waals surface area (Å²) in [5.41, 5.74) is 3.86. The zero-order valence-corrected chi connectivity index (χ0v) is 23.6. The number of sulfonamides is 1. The molecule has 2 atom stereocenters. The summed E-state index contributed by atoms with van der Waals surface area (Å²) < 4.78 is 38.7. The second kappa shape index (κ2) is 11.0. The molecule has 0 bridgehead atoms. The zero-order valence-electron chi connectivity index (χ0n) is 21.9. The van der Waals surface area contributed by atoms with Crippen molar-refractivity contribution in [1.29, 1.82) is 0 Å². The number of rotatable bonds is 8. The van der Waals surface area contributed by atoms with E-state index >= 15 is 0 Å². The van der Waals surface area contributed by atoms with Gasteiger partial charge in [0.15, 0.2) is 5.11 Å². The molecule has 5 rings (SSSR count). The maximum atomic E-state index is 12.2. The van der Waals surface area contributed by atoms with Gasteiger partial charge in [0, 0.05) is 35.5 Å². The van der Waals surface area contributed by atoms with E-state index in [0.29, 0.717) is 27.8 Å².